The molecule has 3 heterocycles. The van der Waals surface area contributed by atoms with Crippen LogP contribution in [0.1, 0.15) is 23.0 Å². The Bertz CT molecular complexity index is 996. The third kappa shape index (κ3) is 3.42. The van der Waals surface area contributed by atoms with Crippen LogP contribution in [0.5, 0.6) is 0 Å². The fraction of sp³-hybridized carbons (Fsp3) is 0.400. The van der Waals surface area contributed by atoms with Crippen molar-refractivity contribution in [2.24, 2.45) is 5.11 Å². The average molecular weight is 425 g/mol. The smallest absolute Gasteiger partial charge is 0.184 e. The van der Waals surface area contributed by atoms with Crippen LogP contribution in [0, 0.1) is 11.3 Å². The predicted molar refractivity (Wildman–Crippen MR) is 108 cm³/mol. The van der Waals surface area contributed by atoms with Gasteiger partial charge in [0, 0.05) is 30.0 Å². The van der Waals surface area contributed by atoms with Gasteiger partial charge in [-0.1, -0.05) is 35.4 Å². The summed E-state index contributed by atoms with van der Waals surface area (Å²) in [6.07, 6.45) is 0.142. The Balaban J connectivity index is 1.86. The van der Waals surface area contributed by atoms with Gasteiger partial charge < -0.3 is 18.9 Å². The average Bonchev–Trinajstić information content (AvgIpc) is 2.79. The number of fused-ring (bicyclic) bond motifs is 1. The van der Waals surface area contributed by atoms with E-state index in [4.69, 9.17) is 18.9 Å². The van der Waals surface area contributed by atoms with E-state index in [2.05, 4.69) is 33.7 Å². The third-order valence-electron chi connectivity index (χ3n) is 5.33. The Morgan fingerprint density at radius 2 is 2.13 bits per heavy atom. The zero-order chi connectivity index (χ0) is 21.1. The van der Waals surface area contributed by atoms with Gasteiger partial charge in [-0.3, -0.25) is 4.98 Å². The summed E-state index contributed by atoms with van der Waals surface area (Å²) in [6, 6.07) is 13.1. The van der Waals surface area contributed by atoms with Gasteiger partial charge in [-0.15, -0.1) is 12.6 Å². The van der Waals surface area contributed by atoms with Crippen LogP contribution in [0.4, 0.5) is 0 Å². The number of nitriles is 1. The van der Waals surface area contributed by atoms with Crippen molar-refractivity contribution < 1.29 is 18.9 Å². The number of azide groups is 1. The van der Waals surface area contributed by atoms with Crippen molar-refractivity contribution in [3.05, 3.63) is 75.9 Å². The maximum atomic E-state index is 9.51. The van der Waals surface area contributed by atoms with Crippen LogP contribution < -0.4 is 0 Å². The molecule has 1 aromatic carbocycles. The molecule has 0 saturated carbocycles. The molecule has 2 aliphatic rings. The summed E-state index contributed by atoms with van der Waals surface area (Å²) >= 11 is 4.52. The fourth-order valence-corrected chi connectivity index (χ4v) is 4.54. The lowest BCUT2D eigenvalue weighted by atomic mass is 9.76. The number of aromatic nitrogens is 1. The number of pyridine rings is 1. The number of benzene rings is 1. The van der Waals surface area contributed by atoms with Crippen LogP contribution in [0.3, 0.4) is 0 Å². The van der Waals surface area contributed by atoms with Gasteiger partial charge >= 0.3 is 0 Å². The van der Waals surface area contributed by atoms with E-state index in [1.165, 1.54) is 13.3 Å². The standard InChI is InChI=1S/C20H19N5O4S/c1-26-17-19(30)28-15-11-27-18(13-5-3-2-4-6-13)29-16(15)20(17,24-25-22)14-7-12(8-21)9-23-10-14/h2-7,9-10,15-19,30H,11H2,1H3/t15-,16+,17+,18?,19-,20?/m1/s1. The monoisotopic (exact) mass is 425 g/mol. The maximum Gasteiger partial charge on any atom is 0.184 e. The van der Waals surface area contributed by atoms with Crippen molar-refractivity contribution >= 4 is 12.6 Å². The van der Waals surface area contributed by atoms with E-state index >= 15 is 0 Å². The molecule has 10 heteroatoms. The summed E-state index contributed by atoms with van der Waals surface area (Å²) in [5.74, 6) is 0. The highest BCUT2D eigenvalue weighted by molar-refractivity contribution is 7.80. The van der Waals surface area contributed by atoms with Crippen molar-refractivity contribution in [2.45, 2.75) is 35.6 Å². The van der Waals surface area contributed by atoms with Gasteiger partial charge in [-0.25, -0.2) is 0 Å². The highest BCUT2D eigenvalue weighted by Gasteiger charge is 2.60. The summed E-state index contributed by atoms with van der Waals surface area (Å²) in [4.78, 5) is 7.26. The topological polar surface area (TPSA) is 122 Å². The molecule has 4 rings (SSSR count). The highest BCUT2D eigenvalue weighted by Crippen LogP contribution is 2.48. The number of hydrogen-bond donors (Lipinski definition) is 1. The molecule has 0 bridgehead atoms. The molecular weight excluding hydrogens is 406 g/mol. The number of hydrogen-bond acceptors (Lipinski definition) is 8. The van der Waals surface area contributed by atoms with Gasteiger partial charge in [0.15, 0.2) is 6.29 Å². The van der Waals surface area contributed by atoms with E-state index in [1.807, 2.05) is 30.3 Å². The first-order valence-corrected chi connectivity index (χ1v) is 9.76. The molecule has 9 nitrogen and oxygen atoms in total. The molecule has 2 saturated heterocycles. The van der Waals surface area contributed by atoms with Crippen molar-refractivity contribution in [3.8, 4) is 6.07 Å². The second kappa shape index (κ2) is 8.62. The highest BCUT2D eigenvalue weighted by atomic mass is 32.1. The molecule has 2 unspecified atom stereocenters. The minimum absolute atomic E-state index is 0.200. The van der Waals surface area contributed by atoms with Gasteiger partial charge in [0.2, 0.25) is 0 Å². The molecule has 6 atom stereocenters. The number of nitrogens with zero attached hydrogens (tertiary/aromatic N) is 5. The molecule has 2 aromatic rings. The van der Waals surface area contributed by atoms with Crippen molar-refractivity contribution in [1.82, 2.24) is 4.98 Å². The largest absolute Gasteiger partial charge is 0.377 e. The molecule has 0 amide bonds. The van der Waals surface area contributed by atoms with Gasteiger partial charge in [0.25, 0.3) is 0 Å². The first kappa shape index (κ1) is 20.6. The van der Waals surface area contributed by atoms with Crippen molar-refractivity contribution in [3.63, 3.8) is 0 Å². The molecule has 0 spiro atoms. The zero-order valence-electron chi connectivity index (χ0n) is 16.0. The minimum Gasteiger partial charge on any atom is -0.377 e. The summed E-state index contributed by atoms with van der Waals surface area (Å²) in [6.45, 7) is 0.200. The molecule has 30 heavy (non-hydrogen) atoms. The normalized spacial score (nSPS) is 33.0. The molecule has 0 radical (unpaired) electrons. The Hall–Kier alpha value is -2.64. The fourth-order valence-electron chi connectivity index (χ4n) is 4.03. The number of ether oxygens (including phenoxy) is 4. The van der Waals surface area contributed by atoms with Gasteiger partial charge in [0.05, 0.1) is 12.2 Å². The summed E-state index contributed by atoms with van der Waals surface area (Å²) in [7, 11) is 1.48. The SMILES string of the molecule is CO[C@H]1[C@@H](S)O[C@@H]2COC(c3ccccc3)O[C@@H]2C1(N=[N+]=[N-])c1cncc(C#N)c1. The summed E-state index contributed by atoms with van der Waals surface area (Å²) in [5.41, 5.74) is 9.02. The zero-order valence-corrected chi connectivity index (χ0v) is 16.9. The number of rotatable bonds is 4. The second-order valence-corrected chi connectivity index (χ2v) is 7.45. The van der Waals surface area contributed by atoms with Gasteiger partial charge in [0.1, 0.15) is 35.4 Å². The lowest BCUT2D eigenvalue weighted by Crippen LogP contribution is -2.66. The molecule has 1 aromatic heterocycles. The Labute approximate surface area is 178 Å². The molecule has 0 N–H and O–H groups in total. The first-order valence-electron chi connectivity index (χ1n) is 9.24. The van der Waals surface area contributed by atoms with E-state index in [-0.39, 0.29) is 6.61 Å². The second-order valence-electron chi connectivity index (χ2n) is 6.94. The molecule has 154 valence electrons. The van der Waals surface area contributed by atoms with E-state index < -0.39 is 35.6 Å². The van der Waals surface area contributed by atoms with Crippen LogP contribution in [0.25, 0.3) is 10.4 Å². The third-order valence-corrected chi connectivity index (χ3v) is 5.72. The Morgan fingerprint density at radius 1 is 1.33 bits per heavy atom. The predicted octanol–water partition coefficient (Wildman–Crippen LogP) is 3.24. The Morgan fingerprint density at radius 3 is 2.83 bits per heavy atom. The molecule has 2 fully saturated rings. The summed E-state index contributed by atoms with van der Waals surface area (Å²) < 4.78 is 23.9. The first-order chi connectivity index (χ1) is 14.6. The Kier molecular flexibility index (Phi) is 5.92. The van der Waals surface area contributed by atoms with Gasteiger partial charge in [-0.2, -0.15) is 5.26 Å². The van der Waals surface area contributed by atoms with E-state index in [9.17, 15) is 10.8 Å². The quantitative estimate of drug-likeness (QED) is 0.347. The molecular formula is C20H19N5O4S. The van der Waals surface area contributed by atoms with Crippen molar-refractivity contribution in [1.29, 1.82) is 5.26 Å². The number of methoxy groups -OCH3 is 1. The van der Waals surface area contributed by atoms with Crippen LogP contribution >= 0.6 is 12.6 Å². The van der Waals surface area contributed by atoms with Crippen LogP contribution in [0.2, 0.25) is 0 Å². The lowest BCUT2D eigenvalue weighted by Gasteiger charge is -2.53. The maximum absolute atomic E-state index is 9.51. The molecule has 0 aliphatic carbocycles. The van der Waals surface area contributed by atoms with Crippen LogP contribution in [-0.4, -0.2) is 42.4 Å². The van der Waals surface area contributed by atoms with E-state index in [0.29, 0.717) is 11.1 Å². The molecule has 2 aliphatic heterocycles. The van der Waals surface area contributed by atoms with Crippen LogP contribution in [-0.2, 0) is 24.5 Å². The minimum atomic E-state index is -1.38. The number of thiol groups is 1. The lowest BCUT2D eigenvalue weighted by molar-refractivity contribution is -0.317. The van der Waals surface area contributed by atoms with E-state index in [1.54, 1.807) is 12.3 Å². The van der Waals surface area contributed by atoms with Gasteiger partial charge in [-0.05, 0) is 17.2 Å². The van der Waals surface area contributed by atoms with Crippen molar-refractivity contribution in [2.75, 3.05) is 13.7 Å². The van der Waals surface area contributed by atoms with Crippen LogP contribution in [0.15, 0.2) is 53.9 Å². The summed E-state index contributed by atoms with van der Waals surface area (Å²) in [5, 5.41) is 13.5. The van der Waals surface area contributed by atoms with E-state index in [0.717, 1.165) is 5.56 Å².